The van der Waals surface area contributed by atoms with Gasteiger partial charge in [-0.1, -0.05) is 6.07 Å². The number of nitrogens with one attached hydrogen (secondary N) is 1. The molecule has 2 atom stereocenters. The van der Waals surface area contributed by atoms with E-state index < -0.39 is 0 Å². The number of pyridine rings is 2. The molecule has 1 aromatic carbocycles. The molecule has 0 aliphatic carbocycles. The fraction of sp³-hybridized carbons (Fsp3) is 0.300. The molecule has 1 fully saturated rings. The summed E-state index contributed by atoms with van der Waals surface area (Å²) in [6.07, 6.45) is 5.52. The molecule has 4 heterocycles. The fourth-order valence-electron chi connectivity index (χ4n) is 5.48. The van der Waals surface area contributed by atoms with Crippen molar-refractivity contribution in [2.24, 2.45) is 0 Å². The zero-order valence-electron chi connectivity index (χ0n) is 21.9. The van der Waals surface area contributed by atoms with Gasteiger partial charge in [0.2, 0.25) is 0 Å². The van der Waals surface area contributed by atoms with E-state index in [-0.39, 0.29) is 12.1 Å². The summed E-state index contributed by atoms with van der Waals surface area (Å²) in [5, 5.41) is 4.32. The maximum atomic E-state index is 5.89. The van der Waals surface area contributed by atoms with Crippen molar-refractivity contribution in [3.63, 3.8) is 0 Å². The molecular weight excluding hydrogens is 476 g/mol. The summed E-state index contributed by atoms with van der Waals surface area (Å²) in [5.41, 5.74) is 8.24. The van der Waals surface area contributed by atoms with Gasteiger partial charge in [0.15, 0.2) is 5.11 Å². The molecule has 0 saturated carbocycles. The van der Waals surface area contributed by atoms with Crippen LogP contribution in [0.4, 0.5) is 5.69 Å². The van der Waals surface area contributed by atoms with E-state index in [1.807, 2.05) is 30.7 Å². The van der Waals surface area contributed by atoms with Crippen LogP contribution in [0.2, 0.25) is 0 Å². The molecule has 0 amide bonds. The largest absolute Gasteiger partial charge is 0.372 e. The summed E-state index contributed by atoms with van der Waals surface area (Å²) in [7, 11) is 0. The summed E-state index contributed by atoms with van der Waals surface area (Å²) in [6, 6.07) is 21.3. The van der Waals surface area contributed by atoms with E-state index in [1.54, 1.807) is 0 Å². The van der Waals surface area contributed by atoms with E-state index in [0.29, 0.717) is 6.54 Å². The quantitative estimate of drug-likeness (QED) is 0.298. The molecule has 1 aliphatic heterocycles. The van der Waals surface area contributed by atoms with Gasteiger partial charge in [-0.05, 0) is 106 Å². The van der Waals surface area contributed by atoms with Crippen LogP contribution in [-0.2, 0) is 6.54 Å². The average molecular weight is 511 g/mol. The molecule has 7 heteroatoms. The number of nitrogens with zero attached hydrogens (tertiary/aromatic N) is 5. The van der Waals surface area contributed by atoms with Gasteiger partial charge < -0.3 is 19.7 Å². The number of aryl methyl sites for hydroxylation is 1. The second-order valence-corrected chi connectivity index (χ2v) is 9.85. The zero-order chi connectivity index (χ0) is 25.9. The number of benzene rings is 1. The van der Waals surface area contributed by atoms with Crippen molar-refractivity contribution in [2.45, 2.75) is 46.3 Å². The van der Waals surface area contributed by atoms with Crippen molar-refractivity contribution in [2.75, 3.05) is 18.0 Å². The highest BCUT2D eigenvalue weighted by atomic mass is 32.1. The Morgan fingerprint density at radius 1 is 0.946 bits per heavy atom. The number of hydrogen-bond donors (Lipinski definition) is 1. The Kier molecular flexibility index (Phi) is 7.24. The van der Waals surface area contributed by atoms with Crippen LogP contribution in [0.1, 0.15) is 54.1 Å². The third-order valence-electron chi connectivity index (χ3n) is 7.33. The molecule has 1 N–H and O–H groups in total. The van der Waals surface area contributed by atoms with Crippen molar-refractivity contribution < 1.29 is 0 Å². The van der Waals surface area contributed by atoms with Crippen LogP contribution in [0.25, 0.3) is 5.69 Å². The van der Waals surface area contributed by atoms with Gasteiger partial charge in [-0.3, -0.25) is 9.97 Å². The third-order valence-corrected chi connectivity index (χ3v) is 7.68. The standard InChI is InChI=1S/C30H34N6S/c1-5-34(6-2)24-10-12-25(13-11-24)36-21(3)19-26(22(36)4)29-28(27-9-7-8-16-32-27)33-30(37)35(29)20-23-14-17-31-18-15-23/h7-19,28-29H,5-6,20H2,1-4H3,(H,33,37)/t28-,29+/m1/s1. The number of hydrogen-bond acceptors (Lipinski definition) is 4. The van der Waals surface area contributed by atoms with Gasteiger partial charge >= 0.3 is 0 Å². The lowest BCUT2D eigenvalue weighted by atomic mass is 9.96. The molecule has 0 radical (unpaired) electrons. The Morgan fingerprint density at radius 3 is 2.32 bits per heavy atom. The third kappa shape index (κ3) is 4.83. The van der Waals surface area contributed by atoms with Crippen LogP contribution in [0.15, 0.2) is 79.3 Å². The molecule has 0 bridgehead atoms. The molecule has 190 valence electrons. The van der Waals surface area contributed by atoms with E-state index in [9.17, 15) is 0 Å². The summed E-state index contributed by atoms with van der Waals surface area (Å²) in [6.45, 7) is 11.5. The summed E-state index contributed by atoms with van der Waals surface area (Å²) >= 11 is 5.89. The minimum absolute atomic E-state index is 0.00506. The first kappa shape index (κ1) is 25.0. The first-order valence-electron chi connectivity index (χ1n) is 12.9. The van der Waals surface area contributed by atoms with Crippen LogP contribution >= 0.6 is 12.2 Å². The van der Waals surface area contributed by atoms with Gasteiger partial charge in [-0.2, -0.15) is 0 Å². The molecule has 0 unspecified atom stereocenters. The highest BCUT2D eigenvalue weighted by Crippen LogP contribution is 2.42. The molecule has 1 saturated heterocycles. The molecule has 0 spiro atoms. The van der Waals surface area contributed by atoms with Gasteiger partial charge in [0, 0.05) is 61.0 Å². The van der Waals surface area contributed by atoms with E-state index in [2.05, 4.69) is 101 Å². The molecule has 1 aliphatic rings. The van der Waals surface area contributed by atoms with Crippen molar-refractivity contribution >= 4 is 23.0 Å². The van der Waals surface area contributed by atoms with Gasteiger partial charge in [-0.25, -0.2) is 0 Å². The van der Waals surface area contributed by atoms with E-state index in [1.165, 1.54) is 33.9 Å². The van der Waals surface area contributed by atoms with Crippen LogP contribution in [0.5, 0.6) is 0 Å². The Balaban J connectivity index is 1.56. The minimum Gasteiger partial charge on any atom is -0.372 e. The number of thiocarbonyl (C=S) groups is 1. The highest BCUT2D eigenvalue weighted by Gasteiger charge is 2.41. The monoisotopic (exact) mass is 510 g/mol. The average Bonchev–Trinajstić information content (AvgIpc) is 3.40. The Bertz CT molecular complexity index is 1350. The summed E-state index contributed by atoms with van der Waals surface area (Å²) < 4.78 is 2.35. The molecule has 3 aromatic heterocycles. The van der Waals surface area contributed by atoms with Crippen LogP contribution < -0.4 is 10.2 Å². The Hall–Kier alpha value is -3.71. The SMILES string of the molecule is CCN(CC)c1ccc(-n2c(C)cc([C@H]3[C@@H](c4ccccn4)NC(=S)N3Cc3ccncc3)c2C)cc1. The molecule has 4 aromatic rings. The fourth-order valence-corrected chi connectivity index (χ4v) is 5.79. The van der Waals surface area contributed by atoms with Crippen LogP contribution in [-0.4, -0.2) is 37.6 Å². The van der Waals surface area contributed by atoms with Crippen molar-refractivity contribution in [1.82, 2.24) is 24.8 Å². The smallest absolute Gasteiger partial charge is 0.170 e. The molecular formula is C30H34N6S. The normalized spacial score (nSPS) is 17.2. The maximum Gasteiger partial charge on any atom is 0.170 e. The van der Waals surface area contributed by atoms with Gasteiger partial charge in [-0.15, -0.1) is 0 Å². The first-order valence-corrected chi connectivity index (χ1v) is 13.3. The van der Waals surface area contributed by atoms with Crippen molar-refractivity contribution in [1.29, 1.82) is 0 Å². The second kappa shape index (κ2) is 10.7. The van der Waals surface area contributed by atoms with Crippen LogP contribution in [0, 0.1) is 13.8 Å². The summed E-state index contributed by atoms with van der Waals surface area (Å²) in [4.78, 5) is 13.5. The molecule has 6 nitrogen and oxygen atoms in total. The lowest BCUT2D eigenvalue weighted by Gasteiger charge is -2.28. The predicted octanol–water partition coefficient (Wildman–Crippen LogP) is 5.90. The van der Waals surface area contributed by atoms with Crippen LogP contribution in [0.3, 0.4) is 0 Å². The lowest BCUT2D eigenvalue weighted by Crippen LogP contribution is -2.29. The second-order valence-electron chi connectivity index (χ2n) is 9.46. The van der Waals surface area contributed by atoms with Crippen molar-refractivity contribution in [3.8, 4) is 5.69 Å². The maximum absolute atomic E-state index is 5.89. The van der Waals surface area contributed by atoms with Gasteiger partial charge in [0.05, 0.1) is 17.8 Å². The summed E-state index contributed by atoms with van der Waals surface area (Å²) in [5.74, 6) is 0. The van der Waals surface area contributed by atoms with Gasteiger partial charge in [0.25, 0.3) is 0 Å². The zero-order valence-corrected chi connectivity index (χ0v) is 22.7. The number of rotatable bonds is 8. The minimum atomic E-state index is -0.0467. The van der Waals surface area contributed by atoms with Gasteiger partial charge in [0.1, 0.15) is 0 Å². The van der Waals surface area contributed by atoms with E-state index in [4.69, 9.17) is 17.2 Å². The lowest BCUT2D eigenvalue weighted by molar-refractivity contribution is 0.310. The highest BCUT2D eigenvalue weighted by molar-refractivity contribution is 7.80. The number of anilines is 1. The first-order chi connectivity index (χ1) is 18.0. The van der Waals surface area contributed by atoms with E-state index in [0.717, 1.165) is 23.9 Å². The number of aromatic nitrogens is 3. The molecule has 37 heavy (non-hydrogen) atoms. The van der Waals surface area contributed by atoms with E-state index >= 15 is 0 Å². The Labute approximate surface area is 225 Å². The Morgan fingerprint density at radius 2 is 1.68 bits per heavy atom. The molecule has 5 rings (SSSR count). The van der Waals surface area contributed by atoms with Crippen molar-refractivity contribution in [3.05, 3.63) is 107 Å². The predicted molar refractivity (Wildman–Crippen MR) is 154 cm³/mol. The topological polar surface area (TPSA) is 49.2 Å².